The lowest BCUT2D eigenvalue weighted by Crippen LogP contribution is -1.68. The maximum atomic E-state index is 12.1. The highest BCUT2D eigenvalue weighted by atomic mass is 79.9. The van der Waals surface area contributed by atoms with Crippen molar-refractivity contribution in [3.8, 4) is 0 Å². The zero-order chi connectivity index (χ0) is 5.98. The topological polar surface area (TPSA) is 0 Å². The summed E-state index contributed by atoms with van der Waals surface area (Å²) >= 11 is 3.12. The minimum Gasteiger partial charge on any atom is -0.207 e. The predicted molar refractivity (Wildman–Crippen MR) is 42.6 cm³/mol. The Labute approximate surface area is 77.7 Å². The van der Waals surface area contributed by atoms with Crippen LogP contribution in [0.15, 0.2) is 28.7 Å². The van der Waals surface area contributed by atoms with E-state index >= 15 is 0 Å². The molecule has 46 valence electrons. The third-order valence-electron chi connectivity index (χ3n) is 0.787. The molecule has 0 atom stereocenters. The highest BCUT2D eigenvalue weighted by Crippen LogP contribution is 2.09. The second-order valence-corrected chi connectivity index (χ2v) is 2.36. The fourth-order valence-electron chi connectivity index (χ4n) is 0.460. The molecule has 0 bridgehead atoms. The van der Waals surface area contributed by atoms with Gasteiger partial charge in [-0.15, -0.1) is 0 Å². The van der Waals surface area contributed by atoms with Gasteiger partial charge in [-0.3, -0.25) is 0 Å². The molecule has 1 aromatic rings. The molecular weight excluding hydrogens is 195 g/mol. The number of halogens is 2. The van der Waals surface area contributed by atoms with E-state index in [1.165, 1.54) is 12.1 Å². The molecular formula is C6H6BrFMg. The lowest BCUT2D eigenvalue weighted by atomic mass is 10.4. The van der Waals surface area contributed by atoms with Crippen LogP contribution >= 0.6 is 15.9 Å². The van der Waals surface area contributed by atoms with Gasteiger partial charge in [0.2, 0.25) is 0 Å². The molecule has 0 N–H and O–H groups in total. The van der Waals surface area contributed by atoms with Crippen LogP contribution in [0, 0.1) is 5.82 Å². The van der Waals surface area contributed by atoms with E-state index in [9.17, 15) is 4.39 Å². The van der Waals surface area contributed by atoms with E-state index in [4.69, 9.17) is 0 Å². The molecule has 9 heavy (non-hydrogen) atoms. The van der Waals surface area contributed by atoms with Crippen LogP contribution in [0.3, 0.4) is 0 Å². The van der Waals surface area contributed by atoms with Gasteiger partial charge in [0.25, 0.3) is 0 Å². The molecule has 0 aromatic heterocycles. The molecule has 0 saturated heterocycles. The minimum atomic E-state index is -0.209. The number of rotatable bonds is 0. The van der Waals surface area contributed by atoms with Crippen molar-refractivity contribution in [1.29, 1.82) is 0 Å². The van der Waals surface area contributed by atoms with Gasteiger partial charge in [-0.1, -0.05) is 22.0 Å². The van der Waals surface area contributed by atoms with Crippen LogP contribution in [0.4, 0.5) is 4.39 Å². The summed E-state index contributed by atoms with van der Waals surface area (Å²) in [5, 5.41) is 0. The largest absolute Gasteiger partial charge is 0.316 e. The first-order valence-electron chi connectivity index (χ1n) is 2.20. The van der Waals surface area contributed by atoms with Crippen molar-refractivity contribution in [3.05, 3.63) is 34.6 Å². The molecule has 0 aliphatic carbocycles. The van der Waals surface area contributed by atoms with Gasteiger partial charge < -0.3 is 0 Å². The highest BCUT2D eigenvalue weighted by molar-refractivity contribution is 9.10. The van der Waals surface area contributed by atoms with Gasteiger partial charge in [0.15, 0.2) is 0 Å². The van der Waals surface area contributed by atoms with Gasteiger partial charge in [0.1, 0.15) is 5.82 Å². The van der Waals surface area contributed by atoms with Gasteiger partial charge in [-0.05, 0) is 18.2 Å². The molecule has 3 heteroatoms. The van der Waals surface area contributed by atoms with E-state index in [0.717, 1.165) is 4.47 Å². The van der Waals surface area contributed by atoms with Crippen molar-refractivity contribution in [3.63, 3.8) is 0 Å². The summed E-state index contributed by atoms with van der Waals surface area (Å²) in [6.07, 6.45) is 0. The van der Waals surface area contributed by atoms with Crippen LogP contribution in [0.1, 0.15) is 0 Å². The maximum Gasteiger partial charge on any atom is 0.316 e. The first kappa shape index (κ1) is 9.40. The summed E-state index contributed by atoms with van der Waals surface area (Å²) in [6, 6.07) is 6.26. The molecule has 0 unspecified atom stereocenters. The molecule has 0 radical (unpaired) electrons. The van der Waals surface area contributed by atoms with Gasteiger partial charge in [0, 0.05) is 4.47 Å². The monoisotopic (exact) mass is 200 g/mol. The second-order valence-electron chi connectivity index (χ2n) is 1.44. The summed E-state index contributed by atoms with van der Waals surface area (Å²) in [7, 11) is 0. The van der Waals surface area contributed by atoms with Gasteiger partial charge in [0.05, 0.1) is 0 Å². The summed E-state index contributed by atoms with van der Waals surface area (Å²) in [5.74, 6) is -0.209. The van der Waals surface area contributed by atoms with E-state index in [-0.39, 0.29) is 28.9 Å². The molecule has 0 amide bonds. The molecule has 0 spiro atoms. The van der Waals surface area contributed by atoms with Crippen molar-refractivity contribution in [2.45, 2.75) is 0 Å². The Kier molecular flexibility index (Phi) is 4.44. The molecule has 0 fully saturated rings. The predicted octanol–water partition coefficient (Wildman–Crippen LogP) is 1.67. The smallest absolute Gasteiger partial charge is 0.207 e. The fourth-order valence-corrected chi connectivity index (χ4v) is 0.831. The van der Waals surface area contributed by atoms with Crippen molar-refractivity contribution >= 4 is 39.0 Å². The van der Waals surface area contributed by atoms with Crippen molar-refractivity contribution < 1.29 is 4.39 Å². The summed E-state index contributed by atoms with van der Waals surface area (Å²) < 4.78 is 12.9. The first-order chi connectivity index (χ1) is 3.79. The molecule has 0 aliphatic heterocycles. The Bertz CT molecular complexity index is 173. The lowest BCUT2D eigenvalue weighted by Gasteiger charge is -1.85. The molecule has 0 saturated carbocycles. The van der Waals surface area contributed by atoms with Gasteiger partial charge in [-0.2, -0.15) is 0 Å². The maximum absolute atomic E-state index is 12.1. The highest BCUT2D eigenvalue weighted by Gasteiger charge is 1.86. The minimum absolute atomic E-state index is 0. The Morgan fingerprint density at radius 3 is 2.33 bits per heavy atom. The molecule has 0 heterocycles. The summed E-state index contributed by atoms with van der Waals surface area (Å²) in [6.45, 7) is 0. The van der Waals surface area contributed by atoms with E-state index in [1.54, 1.807) is 12.1 Å². The molecule has 0 nitrogen and oxygen atoms in total. The SMILES string of the molecule is Fc1cccc(Br)c1.[MgH2]. The lowest BCUT2D eigenvalue weighted by molar-refractivity contribution is 0.627. The average molecular weight is 201 g/mol. The number of hydrogen-bond acceptors (Lipinski definition) is 0. The van der Waals surface area contributed by atoms with Gasteiger partial charge in [-0.25, -0.2) is 4.39 Å². The Hall–Kier alpha value is 0.396. The van der Waals surface area contributed by atoms with Crippen molar-refractivity contribution in [2.24, 2.45) is 0 Å². The Morgan fingerprint density at radius 1 is 1.33 bits per heavy atom. The standard InChI is InChI=1S/C6H4BrF.Mg.2H/c7-5-2-1-3-6(8)4-5;;;/h1-4H;;;. The van der Waals surface area contributed by atoms with Crippen LogP contribution in [-0.2, 0) is 0 Å². The zero-order valence-corrected chi connectivity index (χ0v) is 5.65. The van der Waals surface area contributed by atoms with E-state index < -0.39 is 0 Å². The van der Waals surface area contributed by atoms with Crippen LogP contribution in [0.2, 0.25) is 0 Å². The van der Waals surface area contributed by atoms with E-state index in [1.807, 2.05) is 0 Å². The van der Waals surface area contributed by atoms with Crippen LogP contribution in [0.5, 0.6) is 0 Å². The zero-order valence-electron chi connectivity index (χ0n) is 4.07. The second kappa shape index (κ2) is 4.25. The third-order valence-corrected chi connectivity index (χ3v) is 1.28. The van der Waals surface area contributed by atoms with Crippen molar-refractivity contribution in [1.82, 2.24) is 0 Å². The van der Waals surface area contributed by atoms with E-state index in [2.05, 4.69) is 15.9 Å². The summed E-state index contributed by atoms with van der Waals surface area (Å²) in [5.41, 5.74) is 0. The van der Waals surface area contributed by atoms with E-state index in [0.29, 0.717) is 0 Å². The van der Waals surface area contributed by atoms with Crippen LogP contribution in [-0.4, -0.2) is 23.1 Å². The summed E-state index contributed by atoms with van der Waals surface area (Å²) in [4.78, 5) is 0. The third kappa shape index (κ3) is 3.18. The Balaban J connectivity index is 0.000000640. The van der Waals surface area contributed by atoms with Gasteiger partial charge >= 0.3 is 23.1 Å². The quantitative estimate of drug-likeness (QED) is 0.560. The number of hydrogen-bond donors (Lipinski definition) is 0. The van der Waals surface area contributed by atoms with Crippen LogP contribution in [0.25, 0.3) is 0 Å². The van der Waals surface area contributed by atoms with Crippen molar-refractivity contribution in [2.75, 3.05) is 0 Å². The molecule has 1 aromatic carbocycles. The fraction of sp³-hybridized carbons (Fsp3) is 0. The number of benzene rings is 1. The molecule has 1 rings (SSSR count). The normalized spacial score (nSPS) is 8.22. The Morgan fingerprint density at radius 2 is 2.00 bits per heavy atom. The molecule has 0 aliphatic rings. The van der Waals surface area contributed by atoms with Crippen LogP contribution < -0.4 is 0 Å². The average Bonchev–Trinajstić information content (AvgIpc) is 1.64. The first-order valence-corrected chi connectivity index (χ1v) is 2.99.